The van der Waals surface area contributed by atoms with E-state index in [1.165, 1.54) is 24.8 Å². The first-order valence-corrected chi connectivity index (χ1v) is 12.2. The monoisotopic (exact) mass is 458 g/mol. The summed E-state index contributed by atoms with van der Waals surface area (Å²) in [6.07, 6.45) is 5.53. The van der Waals surface area contributed by atoms with Gasteiger partial charge in [0.1, 0.15) is 0 Å². The molecule has 182 valence electrons. The molecule has 1 aliphatic carbocycles. The molecule has 2 aliphatic rings. The number of benzene rings is 1. The zero-order valence-corrected chi connectivity index (χ0v) is 20.2. The van der Waals surface area contributed by atoms with E-state index in [0.29, 0.717) is 0 Å². The van der Waals surface area contributed by atoms with Crippen molar-refractivity contribution in [1.82, 2.24) is 15.4 Å². The second-order valence-electron chi connectivity index (χ2n) is 9.51. The van der Waals surface area contributed by atoms with Crippen LogP contribution < -0.4 is 10.2 Å². The number of ether oxygens (including phenoxy) is 2. The van der Waals surface area contributed by atoms with Gasteiger partial charge >= 0.3 is 0 Å². The lowest BCUT2D eigenvalue weighted by atomic mass is 9.84. The summed E-state index contributed by atoms with van der Waals surface area (Å²) in [7, 11) is 3.12. The molecule has 8 nitrogen and oxygen atoms in total. The predicted molar refractivity (Wildman–Crippen MR) is 128 cm³/mol. The number of nitrogens with one attached hydrogen (secondary N) is 1. The lowest BCUT2D eigenvalue weighted by molar-refractivity contribution is -0.140. The van der Waals surface area contributed by atoms with Gasteiger partial charge in [-0.15, -0.1) is 0 Å². The van der Waals surface area contributed by atoms with Crippen LogP contribution in [0.5, 0.6) is 0 Å². The number of hydrogen-bond acceptors (Lipinski definition) is 7. The summed E-state index contributed by atoms with van der Waals surface area (Å²) in [6, 6.07) is 6.58. The number of aryl methyl sites for hydroxylation is 1. The molecule has 1 aromatic heterocycles. The molecule has 1 amide bonds. The zero-order chi connectivity index (χ0) is 23.2. The third-order valence-corrected chi connectivity index (χ3v) is 7.22. The van der Waals surface area contributed by atoms with Crippen LogP contribution in [0.3, 0.4) is 0 Å². The summed E-state index contributed by atoms with van der Waals surface area (Å²) in [5, 5.41) is 8.60. The highest BCUT2D eigenvalue weighted by Crippen LogP contribution is 2.29. The highest BCUT2D eigenvalue weighted by Gasteiger charge is 2.25. The SMILES string of the molecule is COC(CC(=O)NC1CCC(CCN2CCN(c3noc4cc(C)ccc34)CC2)CC1)OC. The molecule has 0 bridgehead atoms. The molecule has 2 aromatic rings. The molecule has 1 saturated heterocycles. The van der Waals surface area contributed by atoms with Gasteiger partial charge in [-0.05, 0) is 69.2 Å². The molecular weight excluding hydrogens is 420 g/mol. The van der Waals surface area contributed by atoms with Gasteiger partial charge in [-0.1, -0.05) is 11.2 Å². The molecule has 1 aliphatic heterocycles. The van der Waals surface area contributed by atoms with E-state index in [4.69, 9.17) is 14.0 Å². The van der Waals surface area contributed by atoms with E-state index in [2.05, 4.69) is 45.4 Å². The molecule has 4 rings (SSSR count). The van der Waals surface area contributed by atoms with Crippen LogP contribution in [0, 0.1) is 12.8 Å². The quantitative estimate of drug-likeness (QED) is 0.577. The maximum atomic E-state index is 12.2. The minimum Gasteiger partial charge on any atom is -0.355 e. The minimum atomic E-state index is -0.464. The van der Waals surface area contributed by atoms with E-state index in [1.54, 1.807) is 14.2 Å². The van der Waals surface area contributed by atoms with Gasteiger partial charge in [-0.2, -0.15) is 0 Å². The largest absolute Gasteiger partial charge is 0.355 e. The minimum absolute atomic E-state index is 0.0139. The van der Waals surface area contributed by atoms with Crippen molar-refractivity contribution in [2.75, 3.05) is 51.8 Å². The third kappa shape index (κ3) is 6.25. The second kappa shape index (κ2) is 11.3. The van der Waals surface area contributed by atoms with Crippen LogP contribution in [0.1, 0.15) is 44.1 Å². The highest BCUT2D eigenvalue weighted by molar-refractivity contribution is 5.89. The van der Waals surface area contributed by atoms with Gasteiger partial charge < -0.3 is 24.2 Å². The number of nitrogens with zero attached hydrogens (tertiary/aromatic N) is 3. The number of aromatic nitrogens is 1. The summed E-state index contributed by atoms with van der Waals surface area (Å²) in [5.41, 5.74) is 2.06. The summed E-state index contributed by atoms with van der Waals surface area (Å²) in [6.45, 7) is 7.31. The van der Waals surface area contributed by atoms with Crippen molar-refractivity contribution in [3.8, 4) is 0 Å². The third-order valence-electron chi connectivity index (χ3n) is 7.22. The van der Waals surface area contributed by atoms with Crippen molar-refractivity contribution >= 4 is 22.7 Å². The first kappa shape index (κ1) is 24.0. The van der Waals surface area contributed by atoms with Crippen molar-refractivity contribution < 1.29 is 18.8 Å². The van der Waals surface area contributed by atoms with E-state index in [1.807, 2.05) is 0 Å². The number of anilines is 1. The van der Waals surface area contributed by atoms with E-state index >= 15 is 0 Å². The number of carbonyl (C=O) groups excluding carboxylic acids is 1. The second-order valence-corrected chi connectivity index (χ2v) is 9.51. The van der Waals surface area contributed by atoms with Crippen molar-refractivity contribution in [1.29, 1.82) is 0 Å². The van der Waals surface area contributed by atoms with E-state index in [0.717, 1.165) is 68.3 Å². The lowest BCUT2D eigenvalue weighted by Gasteiger charge is -2.36. The number of hydrogen-bond donors (Lipinski definition) is 1. The number of piperazine rings is 1. The first-order valence-electron chi connectivity index (χ1n) is 12.2. The number of rotatable bonds is 9. The Morgan fingerprint density at radius 2 is 1.88 bits per heavy atom. The molecular formula is C25H38N4O4. The Bertz CT molecular complexity index is 897. The molecule has 0 unspecified atom stereocenters. The van der Waals surface area contributed by atoms with Gasteiger partial charge in [0.15, 0.2) is 17.7 Å². The molecule has 0 spiro atoms. The van der Waals surface area contributed by atoms with E-state index in [-0.39, 0.29) is 18.4 Å². The van der Waals surface area contributed by atoms with E-state index in [9.17, 15) is 4.79 Å². The van der Waals surface area contributed by atoms with Gasteiger partial charge in [-0.3, -0.25) is 9.69 Å². The maximum Gasteiger partial charge on any atom is 0.225 e. The fraction of sp³-hybridized carbons (Fsp3) is 0.680. The normalized spacial score (nSPS) is 22.2. The lowest BCUT2D eigenvalue weighted by Crippen LogP contribution is -2.47. The summed E-state index contributed by atoms with van der Waals surface area (Å²) < 4.78 is 15.8. The fourth-order valence-electron chi connectivity index (χ4n) is 5.10. The maximum absolute atomic E-state index is 12.2. The van der Waals surface area contributed by atoms with Crippen LogP contribution >= 0.6 is 0 Å². The van der Waals surface area contributed by atoms with Crippen LogP contribution in [0.25, 0.3) is 11.0 Å². The Balaban J connectivity index is 1.15. The average Bonchev–Trinajstić information content (AvgIpc) is 3.25. The molecule has 0 atom stereocenters. The average molecular weight is 459 g/mol. The smallest absolute Gasteiger partial charge is 0.225 e. The van der Waals surface area contributed by atoms with Crippen molar-refractivity contribution in [2.24, 2.45) is 5.92 Å². The summed E-state index contributed by atoms with van der Waals surface area (Å²) in [4.78, 5) is 17.1. The molecule has 0 radical (unpaired) electrons. The van der Waals surface area contributed by atoms with Crippen molar-refractivity contribution in [3.63, 3.8) is 0 Å². The Morgan fingerprint density at radius 1 is 1.15 bits per heavy atom. The summed E-state index contributed by atoms with van der Waals surface area (Å²) >= 11 is 0. The zero-order valence-electron chi connectivity index (χ0n) is 20.2. The number of amides is 1. The van der Waals surface area contributed by atoms with Crippen molar-refractivity contribution in [2.45, 2.75) is 57.8 Å². The van der Waals surface area contributed by atoms with Gasteiger partial charge in [-0.25, -0.2) is 0 Å². The van der Waals surface area contributed by atoms with Gasteiger partial charge in [0.2, 0.25) is 5.91 Å². The summed E-state index contributed by atoms with van der Waals surface area (Å²) in [5.74, 6) is 1.75. The Kier molecular flexibility index (Phi) is 8.22. The standard InChI is InChI=1S/C25H38N4O4/c1-18-4-9-21-22(16-18)33-27-25(21)29-14-12-28(13-15-29)11-10-19-5-7-20(8-6-19)26-23(30)17-24(31-2)32-3/h4,9,16,19-20,24H,5-8,10-15,17H2,1-3H3,(H,26,30). The van der Waals surface area contributed by atoms with Crippen molar-refractivity contribution in [3.05, 3.63) is 23.8 Å². The number of methoxy groups -OCH3 is 2. The highest BCUT2D eigenvalue weighted by atomic mass is 16.7. The molecule has 2 fully saturated rings. The van der Waals surface area contributed by atoms with Crippen LogP contribution in [-0.4, -0.2) is 75.2 Å². The Morgan fingerprint density at radius 3 is 2.58 bits per heavy atom. The van der Waals surface area contributed by atoms with Crippen LogP contribution in [0.15, 0.2) is 22.7 Å². The Hall–Kier alpha value is -2.16. The topological polar surface area (TPSA) is 80.1 Å². The molecule has 8 heteroatoms. The molecule has 1 N–H and O–H groups in total. The van der Waals surface area contributed by atoms with Crippen LogP contribution in [-0.2, 0) is 14.3 Å². The predicted octanol–water partition coefficient (Wildman–Crippen LogP) is 3.33. The first-order chi connectivity index (χ1) is 16.1. The van der Waals surface area contributed by atoms with Crippen LogP contribution in [0.2, 0.25) is 0 Å². The van der Waals surface area contributed by atoms with Gasteiger partial charge in [0.25, 0.3) is 0 Å². The molecule has 2 heterocycles. The molecule has 33 heavy (non-hydrogen) atoms. The van der Waals surface area contributed by atoms with Gasteiger partial charge in [0, 0.05) is 46.4 Å². The Labute approximate surface area is 196 Å². The number of carbonyl (C=O) groups is 1. The van der Waals surface area contributed by atoms with Gasteiger partial charge in [0.05, 0.1) is 11.8 Å². The number of fused-ring (bicyclic) bond motifs is 1. The van der Waals surface area contributed by atoms with E-state index < -0.39 is 6.29 Å². The van der Waals surface area contributed by atoms with Crippen LogP contribution in [0.4, 0.5) is 5.82 Å². The molecule has 1 saturated carbocycles. The molecule has 1 aromatic carbocycles. The fourth-order valence-corrected chi connectivity index (χ4v) is 5.10.